The van der Waals surface area contributed by atoms with Crippen LogP contribution < -0.4 is 4.72 Å². The van der Waals surface area contributed by atoms with Crippen LogP contribution in [-0.4, -0.2) is 37.2 Å². The van der Waals surface area contributed by atoms with Crippen molar-refractivity contribution in [2.24, 2.45) is 0 Å². The molecule has 7 heteroatoms. The first-order valence-electron chi connectivity index (χ1n) is 5.29. The highest BCUT2D eigenvalue weighted by Crippen LogP contribution is 2.11. The summed E-state index contributed by atoms with van der Waals surface area (Å²) < 4.78 is 25.9. The van der Waals surface area contributed by atoms with Crippen molar-refractivity contribution in [3.05, 3.63) is 29.8 Å². The first-order chi connectivity index (χ1) is 8.35. The van der Waals surface area contributed by atoms with Gasteiger partial charge < -0.3 is 10.2 Å². The van der Waals surface area contributed by atoms with Gasteiger partial charge in [-0.05, 0) is 24.6 Å². The number of aliphatic hydroxyl groups is 1. The Hall–Kier alpha value is -1.44. The molecule has 0 fully saturated rings. The van der Waals surface area contributed by atoms with Crippen LogP contribution in [0.25, 0.3) is 0 Å². The molecular weight excluding hydrogens is 258 g/mol. The van der Waals surface area contributed by atoms with Gasteiger partial charge in [0.15, 0.2) is 0 Å². The molecule has 1 unspecified atom stereocenters. The maximum absolute atomic E-state index is 11.8. The number of carboxylic acid groups (broad SMARTS) is 1. The summed E-state index contributed by atoms with van der Waals surface area (Å²) in [5.74, 6) is -0.974. The Kier molecular flexibility index (Phi) is 4.83. The zero-order valence-electron chi connectivity index (χ0n) is 9.83. The van der Waals surface area contributed by atoms with Crippen LogP contribution >= 0.6 is 0 Å². The first kappa shape index (κ1) is 14.6. The van der Waals surface area contributed by atoms with E-state index in [1.54, 1.807) is 0 Å². The summed E-state index contributed by atoms with van der Waals surface area (Å²) in [4.78, 5) is 10.5. The van der Waals surface area contributed by atoms with Crippen molar-refractivity contribution in [2.75, 3.05) is 6.61 Å². The Morgan fingerprint density at radius 3 is 2.33 bits per heavy atom. The lowest BCUT2D eigenvalue weighted by molar-refractivity contribution is -0.136. The zero-order valence-corrected chi connectivity index (χ0v) is 10.6. The molecule has 0 aliphatic carbocycles. The molecule has 1 aromatic rings. The number of nitrogens with one attached hydrogen (secondary N) is 1. The third kappa shape index (κ3) is 4.10. The molecule has 3 N–H and O–H groups in total. The Labute approximate surface area is 105 Å². The zero-order chi connectivity index (χ0) is 13.8. The topological polar surface area (TPSA) is 104 Å². The van der Waals surface area contributed by atoms with Crippen LogP contribution in [0.4, 0.5) is 0 Å². The highest BCUT2D eigenvalue weighted by atomic mass is 32.2. The lowest BCUT2D eigenvalue weighted by Gasteiger charge is -2.11. The summed E-state index contributed by atoms with van der Waals surface area (Å²) in [6.07, 6.45) is -0.152. The smallest absolute Gasteiger partial charge is 0.307 e. The molecule has 0 amide bonds. The van der Waals surface area contributed by atoms with Gasteiger partial charge in [-0.1, -0.05) is 12.1 Å². The van der Waals surface area contributed by atoms with Crippen LogP contribution in [0.2, 0.25) is 0 Å². The fourth-order valence-corrected chi connectivity index (χ4v) is 2.57. The van der Waals surface area contributed by atoms with Gasteiger partial charge in [0.1, 0.15) is 0 Å². The van der Waals surface area contributed by atoms with E-state index in [4.69, 9.17) is 10.2 Å². The normalized spacial score (nSPS) is 13.2. The SMILES string of the molecule is CC(CO)NS(=O)(=O)c1ccc(CC(=O)O)cc1. The first-order valence-corrected chi connectivity index (χ1v) is 6.77. The monoisotopic (exact) mass is 273 g/mol. The number of carbonyl (C=O) groups is 1. The van der Waals surface area contributed by atoms with E-state index < -0.39 is 22.0 Å². The molecule has 1 aromatic carbocycles. The number of aliphatic carboxylic acids is 1. The molecule has 0 saturated heterocycles. The van der Waals surface area contributed by atoms with E-state index in [9.17, 15) is 13.2 Å². The maximum atomic E-state index is 11.8. The van der Waals surface area contributed by atoms with Gasteiger partial charge in [-0.3, -0.25) is 4.79 Å². The van der Waals surface area contributed by atoms with Crippen LogP contribution in [0.3, 0.4) is 0 Å². The van der Waals surface area contributed by atoms with Crippen LogP contribution in [-0.2, 0) is 21.2 Å². The molecule has 0 aliphatic rings. The molecule has 0 aromatic heterocycles. The van der Waals surface area contributed by atoms with E-state index in [-0.39, 0.29) is 17.9 Å². The summed E-state index contributed by atoms with van der Waals surface area (Å²) in [6, 6.07) is 5.00. The van der Waals surface area contributed by atoms with Crippen molar-refractivity contribution in [1.82, 2.24) is 4.72 Å². The summed E-state index contributed by atoms with van der Waals surface area (Å²) in [5, 5.41) is 17.4. The molecule has 100 valence electrons. The highest BCUT2D eigenvalue weighted by molar-refractivity contribution is 7.89. The standard InChI is InChI=1S/C11H15NO5S/c1-8(7-13)12-18(16,17)10-4-2-9(3-5-10)6-11(14)15/h2-5,8,12-13H,6-7H2,1H3,(H,14,15). The second kappa shape index (κ2) is 5.94. The average Bonchev–Trinajstić information content (AvgIpc) is 2.28. The molecule has 0 saturated carbocycles. The van der Waals surface area contributed by atoms with E-state index in [1.165, 1.54) is 31.2 Å². The predicted molar refractivity (Wildman–Crippen MR) is 64.7 cm³/mol. The van der Waals surface area contributed by atoms with Gasteiger partial charge in [-0.25, -0.2) is 13.1 Å². The molecule has 0 radical (unpaired) electrons. The Bertz CT molecular complexity index is 509. The van der Waals surface area contributed by atoms with Crippen molar-refractivity contribution in [3.8, 4) is 0 Å². The fraction of sp³-hybridized carbons (Fsp3) is 0.364. The minimum atomic E-state index is -3.67. The molecule has 6 nitrogen and oxygen atoms in total. The number of sulfonamides is 1. The largest absolute Gasteiger partial charge is 0.481 e. The number of aliphatic hydroxyl groups excluding tert-OH is 1. The number of rotatable bonds is 6. The Morgan fingerprint density at radius 2 is 1.89 bits per heavy atom. The van der Waals surface area contributed by atoms with Gasteiger partial charge in [0, 0.05) is 6.04 Å². The van der Waals surface area contributed by atoms with Crippen molar-refractivity contribution in [3.63, 3.8) is 0 Å². The molecule has 0 heterocycles. The molecular formula is C11H15NO5S. The van der Waals surface area contributed by atoms with E-state index in [2.05, 4.69) is 4.72 Å². The minimum Gasteiger partial charge on any atom is -0.481 e. The van der Waals surface area contributed by atoms with E-state index in [0.717, 1.165) is 0 Å². The molecule has 1 rings (SSSR count). The molecule has 18 heavy (non-hydrogen) atoms. The highest BCUT2D eigenvalue weighted by Gasteiger charge is 2.16. The molecule has 0 bridgehead atoms. The molecule has 1 atom stereocenters. The quantitative estimate of drug-likeness (QED) is 0.675. The van der Waals surface area contributed by atoms with Crippen LogP contribution in [0.5, 0.6) is 0 Å². The van der Waals surface area contributed by atoms with E-state index in [0.29, 0.717) is 5.56 Å². The maximum Gasteiger partial charge on any atom is 0.307 e. The fourth-order valence-electron chi connectivity index (χ4n) is 1.33. The van der Waals surface area contributed by atoms with Crippen molar-refractivity contribution in [1.29, 1.82) is 0 Å². The van der Waals surface area contributed by atoms with Crippen LogP contribution in [0.15, 0.2) is 29.2 Å². The second-order valence-electron chi connectivity index (χ2n) is 3.92. The average molecular weight is 273 g/mol. The van der Waals surface area contributed by atoms with Crippen molar-refractivity contribution in [2.45, 2.75) is 24.3 Å². The third-order valence-electron chi connectivity index (χ3n) is 2.22. The minimum absolute atomic E-state index is 0.0388. The molecule has 0 aliphatic heterocycles. The van der Waals surface area contributed by atoms with Gasteiger partial charge in [-0.2, -0.15) is 0 Å². The number of benzene rings is 1. The Balaban J connectivity index is 2.87. The number of carboxylic acids is 1. The summed E-state index contributed by atoms with van der Waals surface area (Å²) >= 11 is 0. The van der Waals surface area contributed by atoms with E-state index >= 15 is 0 Å². The number of hydrogen-bond donors (Lipinski definition) is 3. The van der Waals surface area contributed by atoms with Crippen molar-refractivity contribution < 1.29 is 23.4 Å². The van der Waals surface area contributed by atoms with E-state index in [1.807, 2.05) is 0 Å². The van der Waals surface area contributed by atoms with Crippen LogP contribution in [0, 0.1) is 0 Å². The lowest BCUT2D eigenvalue weighted by Crippen LogP contribution is -2.34. The Morgan fingerprint density at radius 1 is 1.33 bits per heavy atom. The number of hydrogen-bond acceptors (Lipinski definition) is 4. The third-order valence-corrected chi connectivity index (χ3v) is 3.82. The van der Waals surface area contributed by atoms with Gasteiger partial charge in [0.25, 0.3) is 0 Å². The van der Waals surface area contributed by atoms with Crippen molar-refractivity contribution >= 4 is 16.0 Å². The van der Waals surface area contributed by atoms with Gasteiger partial charge in [0.05, 0.1) is 17.9 Å². The predicted octanol–water partition coefficient (Wildman–Crippen LogP) is -0.0272. The van der Waals surface area contributed by atoms with Crippen LogP contribution in [0.1, 0.15) is 12.5 Å². The van der Waals surface area contributed by atoms with Gasteiger partial charge >= 0.3 is 5.97 Å². The molecule has 0 spiro atoms. The summed E-state index contributed by atoms with van der Waals surface area (Å²) in [5.41, 5.74) is 0.525. The summed E-state index contributed by atoms with van der Waals surface area (Å²) in [6.45, 7) is 1.24. The lowest BCUT2D eigenvalue weighted by atomic mass is 10.2. The second-order valence-corrected chi connectivity index (χ2v) is 5.63. The summed E-state index contributed by atoms with van der Waals surface area (Å²) in [7, 11) is -3.67. The van der Waals surface area contributed by atoms with Gasteiger partial charge in [-0.15, -0.1) is 0 Å². The van der Waals surface area contributed by atoms with Gasteiger partial charge in [0.2, 0.25) is 10.0 Å².